The van der Waals surface area contributed by atoms with E-state index in [1.807, 2.05) is 12.1 Å². The molecule has 1 aromatic carbocycles. The van der Waals surface area contributed by atoms with E-state index in [0.717, 1.165) is 12.3 Å². The summed E-state index contributed by atoms with van der Waals surface area (Å²) >= 11 is 0. The second kappa shape index (κ2) is 8.16. The molecule has 0 amide bonds. The molecule has 0 aliphatic carbocycles. The van der Waals surface area contributed by atoms with Gasteiger partial charge >= 0.3 is 0 Å². The summed E-state index contributed by atoms with van der Waals surface area (Å²) in [5.41, 5.74) is 1.35. The van der Waals surface area contributed by atoms with Gasteiger partial charge in [-0.05, 0) is 36.5 Å². The Hall–Kier alpha value is -0.980. The van der Waals surface area contributed by atoms with Crippen molar-refractivity contribution in [3.63, 3.8) is 0 Å². The number of unbranched alkanes of at least 4 members (excludes halogenated alkanes) is 1. The molecule has 17 heavy (non-hydrogen) atoms. The van der Waals surface area contributed by atoms with Crippen LogP contribution in [0.4, 0.5) is 0 Å². The molecule has 0 fully saturated rings. The molecule has 1 N–H and O–H groups in total. The van der Waals surface area contributed by atoms with Gasteiger partial charge in [0.2, 0.25) is 0 Å². The minimum absolute atomic E-state index is 0.366. The first-order valence-electron chi connectivity index (χ1n) is 7.04. The molecule has 0 bridgehead atoms. The molecule has 0 aromatic heterocycles. The number of aryl methyl sites for hydroxylation is 1. The predicted molar refractivity (Wildman–Crippen MR) is 74.4 cm³/mol. The summed E-state index contributed by atoms with van der Waals surface area (Å²) in [4.78, 5) is 0. The number of phenolic OH excluding ortho intramolecular Hbond substituents is 1. The third kappa shape index (κ3) is 5.76. The van der Waals surface area contributed by atoms with Gasteiger partial charge in [-0.25, -0.2) is 0 Å². The predicted octanol–water partition coefficient (Wildman–Crippen LogP) is 4.93. The maximum atomic E-state index is 9.23. The van der Waals surface area contributed by atoms with Crippen molar-refractivity contribution in [1.29, 1.82) is 0 Å². The first-order chi connectivity index (χ1) is 8.26. The van der Waals surface area contributed by atoms with Gasteiger partial charge in [0.1, 0.15) is 5.75 Å². The molecule has 0 saturated carbocycles. The third-order valence-electron chi connectivity index (χ3n) is 3.44. The van der Waals surface area contributed by atoms with Crippen molar-refractivity contribution in [1.82, 2.24) is 0 Å². The quantitative estimate of drug-likeness (QED) is 0.676. The highest BCUT2D eigenvalue weighted by Crippen LogP contribution is 2.21. The zero-order chi connectivity index (χ0) is 12.5. The summed E-state index contributed by atoms with van der Waals surface area (Å²) in [5, 5.41) is 9.23. The van der Waals surface area contributed by atoms with Gasteiger partial charge in [0.05, 0.1) is 0 Å². The lowest BCUT2D eigenvalue weighted by atomic mass is 9.91. The fraction of sp³-hybridized carbons (Fsp3) is 0.625. The maximum Gasteiger partial charge on any atom is 0.115 e. The van der Waals surface area contributed by atoms with Crippen LogP contribution in [0.3, 0.4) is 0 Å². The monoisotopic (exact) mass is 234 g/mol. The van der Waals surface area contributed by atoms with E-state index in [2.05, 4.69) is 13.8 Å². The van der Waals surface area contributed by atoms with Crippen molar-refractivity contribution in [2.24, 2.45) is 5.92 Å². The summed E-state index contributed by atoms with van der Waals surface area (Å²) in [6.45, 7) is 4.54. The molecule has 1 nitrogen and oxygen atoms in total. The van der Waals surface area contributed by atoms with Crippen LogP contribution in [-0.4, -0.2) is 5.11 Å². The van der Waals surface area contributed by atoms with Crippen molar-refractivity contribution in [2.75, 3.05) is 0 Å². The second-order valence-corrected chi connectivity index (χ2v) is 5.00. The highest BCUT2D eigenvalue weighted by molar-refractivity contribution is 5.25. The molecule has 1 unspecified atom stereocenters. The van der Waals surface area contributed by atoms with E-state index in [-0.39, 0.29) is 0 Å². The molecule has 0 spiro atoms. The number of hydrogen-bond acceptors (Lipinski definition) is 1. The number of aromatic hydroxyl groups is 1. The summed E-state index contributed by atoms with van der Waals surface area (Å²) in [6, 6.07) is 7.66. The van der Waals surface area contributed by atoms with Crippen LogP contribution < -0.4 is 0 Å². The molecule has 1 heteroatoms. The van der Waals surface area contributed by atoms with Crippen molar-refractivity contribution >= 4 is 0 Å². The van der Waals surface area contributed by atoms with E-state index in [4.69, 9.17) is 0 Å². The van der Waals surface area contributed by atoms with Crippen molar-refractivity contribution in [3.05, 3.63) is 29.8 Å². The van der Waals surface area contributed by atoms with Crippen molar-refractivity contribution < 1.29 is 5.11 Å². The summed E-state index contributed by atoms with van der Waals surface area (Å²) in [7, 11) is 0. The van der Waals surface area contributed by atoms with Gasteiger partial charge in [-0.2, -0.15) is 0 Å². The maximum absolute atomic E-state index is 9.23. The van der Waals surface area contributed by atoms with Crippen LogP contribution in [0.5, 0.6) is 5.75 Å². The van der Waals surface area contributed by atoms with Crippen LogP contribution in [0.25, 0.3) is 0 Å². The number of phenols is 1. The van der Waals surface area contributed by atoms with Gasteiger partial charge in [-0.3, -0.25) is 0 Å². The molecule has 0 aliphatic rings. The zero-order valence-electron chi connectivity index (χ0n) is 11.3. The molecule has 1 atom stereocenters. The molecule has 0 saturated heterocycles. The van der Waals surface area contributed by atoms with E-state index >= 15 is 0 Å². The largest absolute Gasteiger partial charge is 0.508 e. The lowest BCUT2D eigenvalue weighted by molar-refractivity contribution is 0.402. The topological polar surface area (TPSA) is 20.2 Å². The SMILES string of the molecule is CCCCC(CCC)CCc1ccc(O)cc1. The van der Waals surface area contributed by atoms with Gasteiger partial charge in [-0.15, -0.1) is 0 Å². The van der Waals surface area contributed by atoms with Gasteiger partial charge in [0.25, 0.3) is 0 Å². The lowest BCUT2D eigenvalue weighted by Crippen LogP contribution is -2.02. The van der Waals surface area contributed by atoms with Crippen LogP contribution in [-0.2, 0) is 6.42 Å². The van der Waals surface area contributed by atoms with Gasteiger partial charge < -0.3 is 5.11 Å². The minimum atomic E-state index is 0.366. The van der Waals surface area contributed by atoms with E-state index in [1.54, 1.807) is 12.1 Å². The molecule has 0 heterocycles. The fourth-order valence-corrected chi connectivity index (χ4v) is 2.37. The highest BCUT2D eigenvalue weighted by Gasteiger charge is 2.07. The van der Waals surface area contributed by atoms with Crippen LogP contribution in [0.15, 0.2) is 24.3 Å². The Labute approximate surface area is 106 Å². The fourth-order valence-electron chi connectivity index (χ4n) is 2.37. The lowest BCUT2D eigenvalue weighted by Gasteiger charge is -2.15. The number of rotatable bonds is 8. The molecule has 0 radical (unpaired) electrons. The van der Waals surface area contributed by atoms with E-state index in [1.165, 1.54) is 44.1 Å². The normalized spacial score (nSPS) is 12.6. The molecular formula is C16H26O. The zero-order valence-corrected chi connectivity index (χ0v) is 11.3. The average Bonchev–Trinajstić information content (AvgIpc) is 2.35. The standard InChI is InChI=1S/C16H26O/c1-3-5-7-14(6-4-2)8-9-15-10-12-16(17)13-11-15/h10-14,17H,3-9H2,1-2H3. The van der Waals surface area contributed by atoms with Crippen LogP contribution in [0.2, 0.25) is 0 Å². The molecule has 1 rings (SSSR count). The molecule has 0 aliphatic heterocycles. The molecule has 1 aromatic rings. The Morgan fingerprint density at radius 1 is 0.941 bits per heavy atom. The third-order valence-corrected chi connectivity index (χ3v) is 3.44. The van der Waals surface area contributed by atoms with E-state index in [9.17, 15) is 5.11 Å². The van der Waals surface area contributed by atoms with Gasteiger partial charge in [0.15, 0.2) is 0 Å². The van der Waals surface area contributed by atoms with Gasteiger partial charge in [-0.1, -0.05) is 58.1 Å². The Balaban J connectivity index is 2.37. The van der Waals surface area contributed by atoms with E-state index < -0.39 is 0 Å². The van der Waals surface area contributed by atoms with Crippen LogP contribution in [0, 0.1) is 5.92 Å². The Morgan fingerprint density at radius 2 is 1.65 bits per heavy atom. The first kappa shape index (κ1) is 14.1. The molecular weight excluding hydrogens is 208 g/mol. The molecule has 96 valence electrons. The Kier molecular flexibility index (Phi) is 6.76. The first-order valence-corrected chi connectivity index (χ1v) is 7.04. The number of hydrogen-bond donors (Lipinski definition) is 1. The smallest absolute Gasteiger partial charge is 0.115 e. The highest BCUT2D eigenvalue weighted by atomic mass is 16.3. The van der Waals surface area contributed by atoms with Crippen LogP contribution >= 0.6 is 0 Å². The number of benzene rings is 1. The van der Waals surface area contributed by atoms with Crippen LogP contribution in [0.1, 0.15) is 57.9 Å². The Morgan fingerprint density at radius 3 is 2.24 bits per heavy atom. The summed E-state index contributed by atoms with van der Waals surface area (Å²) in [5.74, 6) is 1.25. The van der Waals surface area contributed by atoms with E-state index in [0.29, 0.717) is 5.75 Å². The van der Waals surface area contributed by atoms with Crippen molar-refractivity contribution in [3.8, 4) is 5.75 Å². The summed E-state index contributed by atoms with van der Waals surface area (Å²) in [6.07, 6.45) is 9.14. The minimum Gasteiger partial charge on any atom is -0.508 e. The second-order valence-electron chi connectivity index (χ2n) is 5.00. The Bertz CT molecular complexity index is 289. The van der Waals surface area contributed by atoms with Gasteiger partial charge in [0, 0.05) is 0 Å². The average molecular weight is 234 g/mol. The summed E-state index contributed by atoms with van der Waals surface area (Å²) < 4.78 is 0. The van der Waals surface area contributed by atoms with Crippen molar-refractivity contribution in [2.45, 2.75) is 58.8 Å².